The molecular formula is C20H19F2N3O5S. The van der Waals surface area contributed by atoms with Gasteiger partial charge < -0.3 is 10.1 Å². The standard InChI is InChI=1S/C20H19F2N3O5S/c1-25(13-23)19(27)17(24-18(26)15-7-3-2-4-8-15)12-31(28,29)11-14-6-5-9-16(10-14)30-20(21)22/h2-10,17,20H,11-12H2,1H3,(H,24,26)/t17-/m0/s1. The van der Waals surface area contributed by atoms with E-state index in [0.29, 0.717) is 4.90 Å². The summed E-state index contributed by atoms with van der Waals surface area (Å²) in [4.78, 5) is 25.5. The fourth-order valence-electron chi connectivity index (χ4n) is 2.67. The number of benzene rings is 2. The van der Waals surface area contributed by atoms with Crippen molar-refractivity contribution in [1.82, 2.24) is 10.2 Å². The number of hydrogen-bond acceptors (Lipinski definition) is 6. The van der Waals surface area contributed by atoms with Crippen molar-refractivity contribution in [1.29, 1.82) is 5.26 Å². The van der Waals surface area contributed by atoms with Gasteiger partial charge in [0.15, 0.2) is 16.0 Å². The molecule has 0 bridgehead atoms. The van der Waals surface area contributed by atoms with Crippen LogP contribution in [0.25, 0.3) is 0 Å². The number of nitriles is 1. The number of amides is 2. The highest BCUT2D eigenvalue weighted by Crippen LogP contribution is 2.18. The van der Waals surface area contributed by atoms with Crippen LogP contribution in [0.1, 0.15) is 15.9 Å². The summed E-state index contributed by atoms with van der Waals surface area (Å²) in [5, 5.41) is 11.3. The predicted molar refractivity (Wildman–Crippen MR) is 107 cm³/mol. The monoisotopic (exact) mass is 451 g/mol. The molecule has 1 atom stereocenters. The van der Waals surface area contributed by atoms with E-state index in [1.54, 1.807) is 24.4 Å². The zero-order chi connectivity index (χ0) is 23.0. The molecule has 2 aromatic carbocycles. The molecule has 0 aliphatic carbocycles. The molecule has 0 radical (unpaired) electrons. The summed E-state index contributed by atoms with van der Waals surface area (Å²) < 4.78 is 54.4. The smallest absolute Gasteiger partial charge is 0.387 e. The van der Waals surface area contributed by atoms with Crippen molar-refractivity contribution in [2.75, 3.05) is 12.8 Å². The molecule has 0 heterocycles. The van der Waals surface area contributed by atoms with E-state index in [9.17, 15) is 26.8 Å². The van der Waals surface area contributed by atoms with Gasteiger partial charge in [0, 0.05) is 12.6 Å². The molecule has 31 heavy (non-hydrogen) atoms. The average molecular weight is 451 g/mol. The quantitative estimate of drug-likeness (QED) is 0.460. The van der Waals surface area contributed by atoms with Gasteiger partial charge in [-0.05, 0) is 29.8 Å². The first kappa shape index (κ1) is 23.8. The number of sulfone groups is 1. The molecule has 11 heteroatoms. The van der Waals surface area contributed by atoms with Crippen molar-refractivity contribution < 1.29 is 31.5 Å². The first-order valence-corrected chi connectivity index (χ1v) is 10.7. The van der Waals surface area contributed by atoms with E-state index in [0.717, 1.165) is 13.1 Å². The Hall–Kier alpha value is -3.52. The van der Waals surface area contributed by atoms with Gasteiger partial charge in [0.05, 0.1) is 11.5 Å². The summed E-state index contributed by atoms with van der Waals surface area (Å²) in [6.45, 7) is -3.07. The van der Waals surface area contributed by atoms with Crippen molar-refractivity contribution >= 4 is 21.7 Å². The third-order valence-electron chi connectivity index (χ3n) is 4.05. The molecule has 0 unspecified atom stereocenters. The number of halogens is 2. The van der Waals surface area contributed by atoms with Gasteiger partial charge in [-0.25, -0.2) is 8.42 Å². The number of nitrogens with one attached hydrogen (secondary N) is 1. The Kier molecular flexibility index (Phi) is 8.04. The van der Waals surface area contributed by atoms with Gasteiger partial charge in [-0.1, -0.05) is 30.3 Å². The summed E-state index contributed by atoms with van der Waals surface area (Å²) in [5.74, 6) is -3.19. The summed E-state index contributed by atoms with van der Waals surface area (Å²) in [6, 6.07) is 11.4. The lowest BCUT2D eigenvalue weighted by molar-refractivity contribution is -0.128. The highest BCUT2D eigenvalue weighted by atomic mass is 32.2. The minimum absolute atomic E-state index is 0.160. The van der Waals surface area contributed by atoms with Gasteiger partial charge in [0.25, 0.3) is 11.8 Å². The van der Waals surface area contributed by atoms with Crippen molar-refractivity contribution in [2.45, 2.75) is 18.4 Å². The predicted octanol–water partition coefficient (Wildman–Crippen LogP) is 1.94. The summed E-state index contributed by atoms with van der Waals surface area (Å²) in [6.07, 6.45) is 1.57. The Morgan fingerprint density at radius 3 is 2.45 bits per heavy atom. The first-order valence-electron chi connectivity index (χ1n) is 8.88. The fourth-order valence-corrected chi connectivity index (χ4v) is 4.21. The second-order valence-corrected chi connectivity index (χ2v) is 8.58. The number of rotatable bonds is 9. The van der Waals surface area contributed by atoms with Crippen molar-refractivity contribution in [3.05, 3.63) is 65.7 Å². The molecule has 0 saturated heterocycles. The number of likely N-dealkylation sites (N-methyl/N-ethyl adjacent to an activating group) is 1. The van der Waals surface area contributed by atoms with Crippen LogP contribution in [0.4, 0.5) is 8.78 Å². The molecule has 0 fully saturated rings. The van der Waals surface area contributed by atoms with Crippen LogP contribution in [0.15, 0.2) is 54.6 Å². The van der Waals surface area contributed by atoms with Crippen molar-refractivity contribution in [3.8, 4) is 11.9 Å². The minimum atomic E-state index is -4.01. The normalized spacial score (nSPS) is 12.0. The lowest BCUT2D eigenvalue weighted by Gasteiger charge is -2.20. The molecule has 1 N–H and O–H groups in total. The third kappa shape index (κ3) is 7.35. The molecule has 164 valence electrons. The first-order chi connectivity index (χ1) is 14.6. The van der Waals surface area contributed by atoms with Crippen LogP contribution in [0.3, 0.4) is 0 Å². The van der Waals surface area contributed by atoms with E-state index in [1.807, 2.05) is 0 Å². The molecule has 0 spiro atoms. The maximum atomic E-state index is 12.7. The number of hydrogen-bond donors (Lipinski definition) is 1. The lowest BCUT2D eigenvalue weighted by Crippen LogP contribution is -2.50. The Bertz CT molecular complexity index is 1070. The Morgan fingerprint density at radius 1 is 1.16 bits per heavy atom. The summed E-state index contributed by atoms with van der Waals surface area (Å²) in [7, 11) is -2.87. The molecule has 8 nitrogen and oxygen atoms in total. The van der Waals surface area contributed by atoms with Crippen LogP contribution >= 0.6 is 0 Å². The Labute approximate surface area is 178 Å². The number of ether oxygens (including phenoxy) is 1. The second-order valence-electron chi connectivity index (χ2n) is 6.47. The Balaban J connectivity index is 2.21. The molecule has 2 aromatic rings. The second kappa shape index (κ2) is 10.5. The van der Waals surface area contributed by atoms with Gasteiger partial charge in [-0.2, -0.15) is 14.0 Å². The third-order valence-corrected chi connectivity index (χ3v) is 5.67. The van der Waals surface area contributed by atoms with Gasteiger partial charge in [-0.15, -0.1) is 0 Å². The highest BCUT2D eigenvalue weighted by Gasteiger charge is 2.30. The topological polar surface area (TPSA) is 117 Å². The van der Waals surface area contributed by atoms with E-state index >= 15 is 0 Å². The van der Waals surface area contributed by atoms with Crippen LogP contribution in [0, 0.1) is 11.5 Å². The van der Waals surface area contributed by atoms with Crippen molar-refractivity contribution in [2.24, 2.45) is 0 Å². The van der Waals surface area contributed by atoms with E-state index in [4.69, 9.17) is 5.26 Å². The maximum Gasteiger partial charge on any atom is 0.387 e. The number of carbonyl (C=O) groups is 2. The largest absolute Gasteiger partial charge is 0.435 e. The molecular weight excluding hydrogens is 432 g/mol. The van der Waals surface area contributed by atoms with E-state index in [-0.39, 0.29) is 16.9 Å². The lowest BCUT2D eigenvalue weighted by atomic mass is 10.2. The van der Waals surface area contributed by atoms with Crippen LogP contribution in [-0.2, 0) is 20.4 Å². The van der Waals surface area contributed by atoms with Crippen LogP contribution < -0.4 is 10.1 Å². The molecule has 0 saturated carbocycles. The zero-order valence-corrected chi connectivity index (χ0v) is 17.2. The minimum Gasteiger partial charge on any atom is -0.435 e. The Morgan fingerprint density at radius 2 is 1.84 bits per heavy atom. The van der Waals surface area contributed by atoms with E-state index in [1.165, 1.54) is 30.3 Å². The molecule has 0 aliphatic heterocycles. The van der Waals surface area contributed by atoms with E-state index < -0.39 is 45.8 Å². The number of nitrogens with zero attached hydrogens (tertiary/aromatic N) is 2. The van der Waals surface area contributed by atoms with Gasteiger partial charge >= 0.3 is 6.61 Å². The van der Waals surface area contributed by atoms with Crippen LogP contribution in [0.2, 0.25) is 0 Å². The molecule has 0 aromatic heterocycles. The average Bonchev–Trinajstić information content (AvgIpc) is 2.72. The van der Waals surface area contributed by atoms with E-state index in [2.05, 4.69) is 10.1 Å². The molecule has 2 rings (SSSR count). The number of alkyl halides is 2. The van der Waals surface area contributed by atoms with Crippen LogP contribution in [0.5, 0.6) is 5.75 Å². The van der Waals surface area contributed by atoms with Gasteiger partial charge in [0.1, 0.15) is 11.8 Å². The summed E-state index contributed by atoms with van der Waals surface area (Å²) in [5.41, 5.74) is 0.363. The fraction of sp³-hybridized carbons (Fsp3) is 0.250. The van der Waals surface area contributed by atoms with Gasteiger partial charge in [0.2, 0.25) is 0 Å². The molecule has 2 amide bonds. The highest BCUT2D eigenvalue weighted by molar-refractivity contribution is 7.90. The summed E-state index contributed by atoms with van der Waals surface area (Å²) >= 11 is 0. The SMILES string of the molecule is CN(C#N)C(=O)[C@H](CS(=O)(=O)Cc1cccc(OC(F)F)c1)NC(=O)c1ccccc1. The molecule has 0 aliphatic rings. The number of carbonyl (C=O) groups excluding carboxylic acids is 2. The van der Waals surface area contributed by atoms with Gasteiger partial charge in [-0.3, -0.25) is 14.5 Å². The maximum absolute atomic E-state index is 12.7. The van der Waals surface area contributed by atoms with Crippen LogP contribution in [-0.4, -0.2) is 50.6 Å². The zero-order valence-electron chi connectivity index (χ0n) is 16.4. The van der Waals surface area contributed by atoms with Crippen molar-refractivity contribution in [3.63, 3.8) is 0 Å².